The van der Waals surface area contributed by atoms with Crippen molar-refractivity contribution < 1.29 is 9.90 Å². The van der Waals surface area contributed by atoms with Gasteiger partial charge in [0.05, 0.1) is 11.8 Å². The van der Waals surface area contributed by atoms with Gasteiger partial charge in [-0.05, 0) is 36.6 Å². The summed E-state index contributed by atoms with van der Waals surface area (Å²) in [5.74, 6) is -0.0804. The van der Waals surface area contributed by atoms with Crippen LogP contribution >= 0.6 is 0 Å². The van der Waals surface area contributed by atoms with Crippen molar-refractivity contribution in [3.05, 3.63) is 54.1 Å². The molecule has 1 N–H and O–H groups in total. The monoisotopic (exact) mass is 269 g/mol. The van der Waals surface area contributed by atoms with Crippen LogP contribution in [0.4, 0.5) is 0 Å². The Morgan fingerprint density at radius 2 is 2.00 bits per heavy atom. The molecule has 1 aliphatic carbocycles. The predicted molar refractivity (Wildman–Crippen MR) is 73.0 cm³/mol. The highest BCUT2D eigenvalue weighted by atomic mass is 16.3. The molecule has 0 radical (unpaired) electrons. The van der Waals surface area contributed by atoms with Crippen molar-refractivity contribution in [1.82, 2.24) is 14.9 Å². The number of hydrogen-bond donors (Lipinski definition) is 1. The van der Waals surface area contributed by atoms with Crippen molar-refractivity contribution in [2.45, 2.75) is 25.4 Å². The molecule has 0 unspecified atom stereocenters. The minimum atomic E-state index is -0.0901. The first kappa shape index (κ1) is 12.6. The van der Waals surface area contributed by atoms with E-state index in [1.165, 1.54) is 18.5 Å². The number of carbonyl (C=O) groups excluding carboxylic acids is 1. The average molecular weight is 269 g/mol. The molecule has 0 saturated heterocycles. The number of nitrogens with zero attached hydrogens (tertiary/aromatic N) is 3. The van der Waals surface area contributed by atoms with Crippen LogP contribution in [-0.4, -0.2) is 31.9 Å². The van der Waals surface area contributed by atoms with E-state index in [-0.39, 0.29) is 17.7 Å². The van der Waals surface area contributed by atoms with Gasteiger partial charge in [0.15, 0.2) is 0 Å². The first-order valence-corrected chi connectivity index (χ1v) is 6.58. The van der Waals surface area contributed by atoms with E-state index in [0.29, 0.717) is 12.1 Å². The number of rotatable bonds is 4. The number of pyridine rings is 2. The summed E-state index contributed by atoms with van der Waals surface area (Å²) in [6.07, 6.45) is 8.32. The Kier molecular flexibility index (Phi) is 3.33. The van der Waals surface area contributed by atoms with Gasteiger partial charge in [0.2, 0.25) is 0 Å². The second kappa shape index (κ2) is 5.28. The molecule has 2 aromatic rings. The zero-order valence-electron chi connectivity index (χ0n) is 10.9. The van der Waals surface area contributed by atoms with E-state index in [0.717, 1.165) is 18.4 Å². The van der Waals surface area contributed by atoms with Crippen molar-refractivity contribution in [2.75, 3.05) is 0 Å². The fourth-order valence-electron chi connectivity index (χ4n) is 2.15. The molecule has 5 nitrogen and oxygen atoms in total. The molecule has 20 heavy (non-hydrogen) atoms. The number of amides is 1. The summed E-state index contributed by atoms with van der Waals surface area (Å²) < 4.78 is 0. The summed E-state index contributed by atoms with van der Waals surface area (Å²) >= 11 is 0. The van der Waals surface area contributed by atoms with Crippen LogP contribution in [0, 0.1) is 0 Å². The smallest absolute Gasteiger partial charge is 0.256 e. The van der Waals surface area contributed by atoms with Crippen LogP contribution in [0.3, 0.4) is 0 Å². The molecule has 0 atom stereocenters. The summed E-state index contributed by atoms with van der Waals surface area (Å²) in [6, 6.07) is 5.56. The van der Waals surface area contributed by atoms with E-state index in [4.69, 9.17) is 0 Å². The Bertz CT molecular complexity index is 612. The topological polar surface area (TPSA) is 66.3 Å². The van der Waals surface area contributed by atoms with Crippen LogP contribution in [0.15, 0.2) is 43.0 Å². The van der Waals surface area contributed by atoms with Gasteiger partial charge in [-0.2, -0.15) is 0 Å². The SMILES string of the molecule is O=C(c1cncc(O)c1)N(Cc1ccncc1)C1CC1. The summed E-state index contributed by atoms with van der Waals surface area (Å²) in [5.41, 5.74) is 1.47. The van der Waals surface area contributed by atoms with Crippen molar-refractivity contribution in [2.24, 2.45) is 0 Å². The standard InChI is InChI=1S/C15H15N3O2/c19-14-7-12(8-17-9-14)15(20)18(13-1-2-13)10-11-3-5-16-6-4-11/h3-9,13,19H,1-2,10H2. The van der Waals surface area contributed by atoms with Gasteiger partial charge < -0.3 is 10.0 Å². The van der Waals surface area contributed by atoms with Gasteiger partial charge in [-0.25, -0.2) is 0 Å². The van der Waals surface area contributed by atoms with E-state index in [9.17, 15) is 9.90 Å². The minimum Gasteiger partial charge on any atom is -0.506 e. The molecule has 5 heteroatoms. The minimum absolute atomic E-state index is 0.00973. The zero-order valence-corrected chi connectivity index (χ0v) is 10.9. The molecule has 0 aromatic carbocycles. The van der Waals surface area contributed by atoms with E-state index < -0.39 is 0 Å². The lowest BCUT2D eigenvalue weighted by Gasteiger charge is -2.22. The Labute approximate surface area is 116 Å². The van der Waals surface area contributed by atoms with Gasteiger partial charge in [-0.1, -0.05) is 0 Å². The molecular formula is C15H15N3O2. The van der Waals surface area contributed by atoms with Gasteiger partial charge >= 0.3 is 0 Å². The highest BCUT2D eigenvalue weighted by Crippen LogP contribution is 2.30. The third-order valence-corrected chi connectivity index (χ3v) is 3.32. The maximum atomic E-state index is 12.5. The van der Waals surface area contributed by atoms with Crippen LogP contribution in [0.25, 0.3) is 0 Å². The normalized spacial score (nSPS) is 14.0. The zero-order chi connectivity index (χ0) is 13.9. The highest BCUT2D eigenvalue weighted by molar-refractivity contribution is 5.94. The molecule has 0 spiro atoms. The van der Waals surface area contributed by atoms with E-state index in [1.54, 1.807) is 12.4 Å². The van der Waals surface area contributed by atoms with E-state index in [1.807, 2.05) is 17.0 Å². The fraction of sp³-hybridized carbons (Fsp3) is 0.267. The molecule has 2 heterocycles. The number of carbonyl (C=O) groups is 1. The summed E-state index contributed by atoms with van der Waals surface area (Å²) in [6.45, 7) is 0.557. The quantitative estimate of drug-likeness (QED) is 0.921. The molecule has 1 saturated carbocycles. The number of aromatic nitrogens is 2. The lowest BCUT2D eigenvalue weighted by Crippen LogP contribution is -2.32. The third kappa shape index (κ3) is 2.77. The summed E-state index contributed by atoms with van der Waals surface area (Å²) in [5, 5.41) is 9.45. The van der Waals surface area contributed by atoms with Crippen molar-refractivity contribution in [3.63, 3.8) is 0 Å². The average Bonchev–Trinajstić information content (AvgIpc) is 3.30. The van der Waals surface area contributed by atoms with Crippen molar-refractivity contribution in [3.8, 4) is 5.75 Å². The molecule has 102 valence electrons. The van der Waals surface area contributed by atoms with Gasteiger partial charge in [-0.15, -0.1) is 0 Å². The third-order valence-electron chi connectivity index (χ3n) is 3.32. The number of aromatic hydroxyl groups is 1. The largest absolute Gasteiger partial charge is 0.506 e. The molecule has 1 fully saturated rings. The van der Waals surface area contributed by atoms with Gasteiger partial charge in [0.25, 0.3) is 5.91 Å². The second-order valence-corrected chi connectivity index (χ2v) is 4.95. The maximum absolute atomic E-state index is 12.5. The molecule has 0 bridgehead atoms. The predicted octanol–water partition coefficient (Wildman–Crippen LogP) is 1.99. The second-order valence-electron chi connectivity index (χ2n) is 4.95. The van der Waals surface area contributed by atoms with Crippen LogP contribution in [0.2, 0.25) is 0 Å². The summed E-state index contributed by atoms with van der Waals surface area (Å²) in [7, 11) is 0. The Morgan fingerprint density at radius 3 is 2.65 bits per heavy atom. The van der Waals surface area contributed by atoms with Crippen LogP contribution in [0.1, 0.15) is 28.8 Å². The van der Waals surface area contributed by atoms with Gasteiger partial charge in [0, 0.05) is 31.2 Å². The number of hydrogen-bond acceptors (Lipinski definition) is 4. The molecule has 0 aliphatic heterocycles. The Hall–Kier alpha value is -2.43. The van der Waals surface area contributed by atoms with Gasteiger partial charge in [0.1, 0.15) is 5.75 Å². The lowest BCUT2D eigenvalue weighted by atomic mass is 10.2. The van der Waals surface area contributed by atoms with Crippen molar-refractivity contribution in [1.29, 1.82) is 0 Å². The van der Waals surface area contributed by atoms with Crippen LogP contribution in [-0.2, 0) is 6.54 Å². The Balaban J connectivity index is 1.82. The Morgan fingerprint density at radius 1 is 1.25 bits per heavy atom. The molecule has 2 aromatic heterocycles. The highest BCUT2D eigenvalue weighted by Gasteiger charge is 2.33. The van der Waals surface area contributed by atoms with Gasteiger partial charge in [-0.3, -0.25) is 14.8 Å². The summed E-state index contributed by atoms with van der Waals surface area (Å²) in [4.78, 5) is 22.2. The van der Waals surface area contributed by atoms with Crippen LogP contribution in [0.5, 0.6) is 5.75 Å². The van der Waals surface area contributed by atoms with E-state index in [2.05, 4.69) is 9.97 Å². The van der Waals surface area contributed by atoms with Crippen LogP contribution < -0.4 is 0 Å². The maximum Gasteiger partial charge on any atom is 0.256 e. The first-order valence-electron chi connectivity index (χ1n) is 6.58. The molecule has 3 rings (SSSR count). The molecule has 1 aliphatic rings. The molecule has 1 amide bonds. The molecular weight excluding hydrogens is 254 g/mol. The lowest BCUT2D eigenvalue weighted by molar-refractivity contribution is 0.0729. The van der Waals surface area contributed by atoms with Crippen molar-refractivity contribution >= 4 is 5.91 Å². The van der Waals surface area contributed by atoms with E-state index >= 15 is 0 Å². The fourth-order valence-corrected chi connectivity index (χ4v) is 2.15. The first-order chi connectivity index (χ1) is 9.74.